The predicted octanol–water partition coefficient (Wildman–Crippen LogP) is 2.17. The lowest BCUT2D eigenvalue weighted by Gasteiger charge is -2.37. The van der Waals surface area contributed by atoms with Crippen molar-refractivity contribution in [3.63, 3.8) is 0 Å². The largest absolute Gasteiger partial charge is 0.367 e. The second-order valence-corrected chi connectivity index (χ2v) is 11.3. The first-order chi connectivity index (χ1) is 17.9. The molecule has 0 amide bonds. The maximum atomic E-state index is 12.8. The summed E-state index contributed by atoms with van der Waals surface area (Å²) in [7, 11) is -0.189. The smallest absolute Gasteiger partial charge is 0.245 e. The Hall–Kier alpha value is -3.54. The summed E-state index contributed by atoms with van der Waals surface area (Å²) in [4.78, 5) is 9.61. The summed E-state index contributed by atoms with van der Waals surface area (Å²) in [5.41, 5.74) is 4.38. The third kappa shape index (κ3) is 5.74. The Morgan fingerprint density at radius 1 is 0.973 bits per heavy atom. The molecule has 1 aromatic carbocycles. The van der Waals surface area contributed by atoms with Crippen LogP contribution in [0.2, 0.25) is 0 Å². The fraction of sp³-hybridized carbons (Fsp3) is 0.346. The molecule has 0 bridgehead atoms. The second kappa shape index (κ2) is 10.8. The van der Waals surface area contributed by atoms with Gasteiger partial charge in [0.05, 0.1) is 24.1 Å². The first kappa shape index (κ1) is 25.1. The number of piperazine rings is 1. The summed E-state index contributed by atoms with van der Waals surface area (Å²) < 4.78 is 30.3. The molecule has 0 unspecified atom stereocenters. The molecule has 1 aliphatic rings. The maximum Gasteiger partial charge on any atom is 0.245 e. The number of pyridine rings is 1. The Labute approximate surface area is 217 Å². The highest BCUT2D eigenvalue weighted by atomic mass is 32.2. The van der Waals surface area contributed by atoms with E-state index >= 15 is 0 Å². The lowest BCUT2D eigenvalue weighted by molar-refractivity contribution is 0.244. The molecule has 0 saturated carbocycles. The van der Waals surface area contributed by atoms with Gasteiger partial charge in [-0.3, -0.25) is 19.2 Å². The first-order valence-corrected chi connectivity index (χ1v) is 13.8. The van der Waals surface area contributed by atoms with Crippen LogP contribution in [0.5, 0.6) is 0 Å². The minimum Gasteiger partial charge on any atom is -0.367 e. The fourth-order valence-corrected chi connectivity index (χ4v) is 5.70. The van der Waals surface area contributed by atoms with Crippen LogP contribution >= 0.6 is 0 Å². The quantitative estimate of drug-likeness (QED) is 0.334. The third-order valence-corrected chi connectivity index (χ3v) is 8.56. The highest BCUT2D eigenvalue weighted by Gasteiger charge is 2.25. The molecule has 0 aliphatic carbocycles. The van der Waals surface area contributed by atoms with Gasteiger partial charge in [-0.2, -0.15) is 14.5 Å². The Balaban J connectivity index is 1.19. The first-order valence-electron chi connectivity index (χ1n) is 12.3. The number of hydrogen-bond acceptors (Lipinski definition) is 7. The molecule has 3 aromatic heterocycles. The van der Waals surface area contributed by atoms with E-state index < -0.39 is 10.0 Å². The van der Waals surface area contributed by atoms with Crippen molar-refractivity contribution in [1.82, 2.24) is 33.8 Å². The summed E-state index contributed by atoms with van der Waals surface area (Å²) in [6, 6.07) is 14.5. The summed E-state index contributed by atoms with van der Waals surface area (Å²) in [5, 5.41) is 8.27. The molecule has 11 heteroatoms. The summed E-state index contributed by atoms with van der Waals surface area (Å²) in [6.07, 6.45) is 8.51. The fourth-order valence-electron chi connectivity index (χ4n) is 4.55. The molecule has 4 heterocycles. The number of hydrogen-bond donors (Lipinski definition) is 0. The minimum absolute atomic E-state index is 0.223. The van der Waals surface area contributed by atoms with E-state index in [-0.39, 0.29) is 4.90 Å². The summed E-state index contributed by atoms with van der Waals surface area (Å²) in [6.45, 7) is 5.28. The van der Waals surface area contributed by atoms with E-state index in [0.717, 1.165) is 49.7 Å². The molecule has 1 saturated heterocycles. The van der Waals surface area contributed by atoms with Gasteiger partial charge in [0.1, 0.15) is 4.90 Å². The standard InChI is InChI=1S/C26H32N8O2S/c1-30-21-24(19-29-30)37(35,36)31(2)13-14-32-15-17-33(18-16-32)25-5-3-10-27-26(25)23-8-6-22(7-9-23)20-34-12-4-11-28-34/h3-12,19,21H,13-18,20H2,1-2H3. The highest BCUT2D eigenvalue weighted by Crippen LogP contribution is 2.29. The van der Waals surface area contributed by atoms with E-state index in [1.54, 1.807) is 20.3 Å². The van der Waals surface area contributed by atoms with Crippen molar-refractivity contribution in [2.24, 2.45) is 7.05 Å². The van der Waals surface area contributed by atoms with Gasteiger partial charge >= 0.3 is 0 Å². The molecular formula is C26H32N8O2S. The number of rotatable bonds is 9. The molecule has 0 N–H and O–H groups in total. The van der Waals surface area contributed by atoms with Gasteiger partial charge in [0.2, 0.25) is 10.0 Å². The zero-order valence-electron chi connectivity index (χ0n) is 21.2. The molecule has 5 rings (SSSR count). The van der Waals surface area contributed by atoms with E-state index in [2.05, 4.69) is 50.3 Å². The van der Waals surface area contributed by atoms with Crippen LogP contribution in [0.15, 0.2) is 78.3 Å². The summed E-state index contributed by atoms with van der Waals surface area (Å²) in [5.74, 6) is 0. The molecule has 194 valence electrons. The van der Waals surface area contributed by atoms with Crippen LogP contribution in [-0.2, 0) is 23.6 Å². The average Bonchev–Trinajstić information content (AvgIpc) is 3.60. The van der Waals surface area contributed by atoms with Crippen molar-refractivity contribution >= 4 is 15.7 Å². The molecule has 4 aromatic rings. The van der Waals surface area contributed by atoms with Gasteiger partial charge in [0.15, 0.2) is 0 Å². The van der Waals surface area contributed by atoms with Gasteiger partial charge in [-0.15, -0.1) is 0 Å². The number of benzene rings is 1. The van der Waals surface area contributed by atoms with Gasteiger partial charge in [-0.25, -0.2) is 8.42 Å². The van der Waals surface area contributed by atoms with Crippen LogP contribution in [0.3, 0.4) is 0 Å². The van der Waals surface area contributed by atoms with Crippen LogP contribution in [0.4, 0.5) is 5.69 Å². The van der Waals surface area contributed by atoms with E-state index in [0.29, 0.717) is 13.1 Å². The number of aryl methyl sites for hydroxylation is 1. The second-order valence-electron chi connectivity index (χ2n) is 9.28. The molecular weight excluding hydrogens is 488 g/mol. The van der Waals surface area contributed by atoms with Gasteiger partial charge < -0.3 is 4.90 Å². The van der Waals surface area contributed by atoms with E-state index in [1.807, 2.05) is 29.2 Å². The highest BCUT2D eigenvalue weighted by molar-refractivity contribution is 7.89. The molecule has 0 spiro atoms. The van der Waals surface area contributed by atoms with Crippen molar-refractivity contribution in [2.75, 3.05) is 51.2 Å². The zero-order valence-corrected chi connectivity index (χ0v) is 22.0. The number of nitrogens with zero attached hydrogens (tertiary/aromatic N) is 8. The normalized spacial score (nSPS) is 14.9. The van der Waals surface area contributed by atoms with E-state index in [9.17, 15) is 8.42 Å². The number of sulfonamides is 1. The zero-order chi connectivity index (χ0) is 25.8. The van der Waals surface area contributed by atoms with Gasteiger partial charge in [0, 0.05) is 83.7 Å². The van der Waals surface area contributed by atoms with Gasteiger partial charge in [0.25, 0.3) is 0 Å². The van der Waals surface area contributed by atoms with Crippen LogP contribution < -0.4 is 4.90 Å². The molecule has 1 aliphatic heterocycles. The molecule has 0 atom stereocenters. The van der Waals surface area contributed by atoms with E-state index in [1.165, 1.54) is 26.9 Å². The molecule has 37 heavy (non-hydrogen) atoms. The Morgan fingerprint density at radius 3 is 2.43 bits per heavy atom. The maximum absolute atomic E-state index is 12.8. The predicted molar refractivity (Wildman–Crippen MR) is 143 cm³/mol. The van der Waals surface area contributed by atoms with Crippen molar-refractivity contribution in [2.45, 2.75) is 11.4 Å². The molecule has 1 fully saturated rings. The van der Waals surface area contributed by atoms with Crippen molar-refractivity contribution < 1.29 is 8.42 Å². The average molecular weight is 521 g/mol. The number of aromatic nitrogens is 5. The van der Waals surface area contributed by atoms with E-state index in [4.69, 9.17) is 4.98 Å². The summed E-state index contributed by atoms with van der Waals surface area (Å²) >= 11 is 0. The molecule has 10 nitrogen and oxygen atoms in total. The Kier molecular flexibility index (Phi) is 7.36. The van der Waals surface area contributed by atoms with Crippen LogP contribution in [0.25, 0.3) is 11.3 Å². The number of anilines is 1. The van der Waals surface area contributed by atoms with Crippen molar-refractivity contribution in [3.05, 3.63) is 79.0 Å². The lowest BCUT2D eigenvalue weighted by atomic mass is 10.1. The van der Waals surface area contributed by atoms with Gasteiger partial charge in [-0.1, -0.05) is 24.3 Å². The van der Waals surface area contributed by atoms with Crippen LogP contribution in [-0.4, -0.2) is 88.5 Å². The van der Waals surface area contributed by atoms with Crippen LogP contribution in [0, 0.1) is 0 Å². The Bertz CT molecular complexity index is 1410. The third-order valence-electron chi connectivity index (χ3n) is 6.75. The Morgan fingerprint density at radius 2 is 1.76 bits per heavy atom. The van der Waals surface area contributed by atoms with Gasteiger partial charge in [-0.05, 0) is 23.8 Å². The topological polar surface area (TPSA) is 92.4 Å². The van der Waals surface area contributed by atoms with Crippen molar-refractivity contribution in [1.29, 1.82) is 0 Å². The lowest BCUT2D eigenvalue weighted by Crippen LogP contribution is -2.48. The van der Waals surface area contributed by atoms with Crippen molar-refractivity contribution in [3.8, 4) is 11.3 Å². The monoisotopic (exact) mass is 520 g/mol. The van der Waals surface area contributed by atoms with Crippen LogP contribution in [0.1, 0.15) is 5.56 Å². The molecule has 0 radical (unpaired) electrons. The minimum atomic E-state index is -3.53. The SMILES string of the molecule is CN(CCN1CCN(c2cccnc2-c2ccc(Cn3cccn3)cc2)CC1)S(=O)(=O)c1cnn(C)c1. The number of likely N-dealkylation sites (N-methyl/N-ethyl adjacent to an activating group) is 1.